The summed E-state index contributed by atoms with van der Waals surface area (Å²) in [7, 11) is 0. The Morgan fingerprint density at radius 1 is 1.21 bits per heavy atom. The molecule has 0 radical (unpaired) electrons. The lowest BCUT2D eigenvalue weighted by Crippen LogP contribution is -2.50. The largest absolute Gasteiger partial charge is 0.350 e. The van der Waals surface area contributed by atoms with Gasteiger partial charge in [0.2, 0.25) is 11.8 Å². The van der Waals surface area contributed by atoms with E-state index in [1.165, 1.54) is 6.42 Å². The van der Waals surface area contributed by atoms with Crippen LogP contribution in [0.25, 0.3) is 0 Å². The van der Waals surface area contributed by atoms with Crippen LogP contribution in [0, 0.1) is 5.92 Å². The molecule has 2 heterocycles. The maximum Gasteiger partial charge on any atom is 0.243 e. The van der Waals surface area contributed by atoms with Gasteiger partial charge < -0.3 is 10.2 Å². The standard InChI is InChI=1S/C18H28N4O2/c1-14(13-21-11-6-10-19-21)20-17(23)16-9-5-12-22(16)18(24)15-7-3-2-4-8-15/h6,10-11,14-16H,2-5,7-9,12-13H2,1H3,(H,20,23)/t14-,16+/m1/s1. The second-order valence-corrected chi connectivity index (χ2v) is 7.16. The highest BCUT2D eigenvalue weighted by atomic mass is 16.2. The van der Waals surface area contributed by atoms with E-state index in [4.69, 9.17) is 0 Å². The van der Waals surface area contributed by atoms with E-state index in [2.05, 4.69) is 10.4 Å². The summed E-state index contributed by atoms with van der Waals surface area (Å²) in [5.41, 5.74) is 0. The summed E-state index contributed by atoms with van der Waals surface area (Å²) in [5.74, 6) is 0.317. The van der Waals surface area contributed by atoms with Crippen molar-refractivity contribution < 1.29 is 9.59 Å². The van der Waals surface area contributed by atoms with Gasteiger partial charge in [-0.25, -0.2) is 0 Å². The molecule has 1 saturated heterocycles. The molecule has 1 aromatic rings. The average Bonchev–Trinajstić information content (AvgIpc) is 3.26. The van der Waals surface area contributed by atoms with Crippen molar-refractivity contribution in [3.8, 4) is 0 Å². The molecule has 2 fully saturated rings. The second kappa shape index (κ2) is 7.81. The number of nitrogens with zero attached hydrogens (tertiary/aromatic N) is 3. The van der Waals surface area contributed by atoms with E-state index in [0.29, 0.717) is 6.54 Å². The Morgan fingerprint density at radius 2 is 2.00 bits per heavy atom. The molecular formula is C18H28N4O2. The van der Waals surface area contributed by atoms with Gasteiger partial charge in [0, 0.05) is 30.9 Å². The zero-order valence-electron chi connectivity index (χ0n) is 14.5. The lowest BCUT2D eigenvalue weighted by molar-refractivity contribution is -0.142. The van der Waals surface area contributed by atoms with Gasteiger partial charge in [-0.15, -0.1) is 0 Å². The number of hydrogen-bond donors (Lipinski definition) is 1. The van der Waals surface area contributed by atoms with Crippen LogP contribution in [-0.2, 0) is 16.1 Å². The first kappa shape index (κ1) is 17.0. The van der Waals surface area contributed by atoms with E-state index in [0.717, 1.165) is 45.1 Å². The molecule has 2 amide bonds. The third-order valence-corrected chi connectivity index (χ3v) is 5.20. The first-order valence-electron chi connectivity index (χ1n) is 9.23. The van der Waals surface area contributed by atoms with Crippen LogP contribution in [0.15, 0.2) is 18.5 Å². The molecule has 1 aliphatic heterocycles. The van der Waals surface area contributed by atoms with Crippen LogP contribution in [0.3, 0.4) is 0 Å². The first-order chi connectivity index (χ1) is 11.6. The molecule has 0 spiro atoms. The van der Waals surface area contributed by atoms with Crippen LogP contribution in [0.2, 0.25) is 0 Å². The minimum atomic E-state index is -0.292. The molecule has 1 aliphatic carbocycles. The molecule has 132 valence electrons. The summed E-state index contributed by atoms with van der Waals surface area (Å²) in [4.78, 5) is 27.3. The molecule has 1 saturated carbocycles. The molecule has 2 aliphatic rings. The van der Waals surface area contributed by atoms with E-state index < -0.39 is 0 Å². The van der Waals surface area contributed by atoms with Gasteiger partial charge in [-0.1, -0.05) is 19.3 Å². The Hall–Kier alpha value is -1.85. The predicted octanol–water partition coefficient (Wildman–Crippen LogP) is 1.96. The van der Waals surface area contributed by atoms with E-state index in [-0.39, 0.29) is 29.8 Å². The van der Waals surface area contributed by atoms with Crippen molar-refractivity contribution in [3.05, 3.63) is 18.5 Å². The topological polar surface area (TPSA) is 67.2 Å². The molecule has 24 heavy (non-hydrogen) atoms. The third-order valence-electron chi connectivity index (χ3n) is 5.20. The fourth-order valence-electron chi connectivity index (χ4n) is 3.96. The monoisotopic (exact) mass is 332 g/mol. The fraction of sp³-hybridized carbons (Fsp3) is 0.722. The van der Waals surface area contributed by atoms with Crippen molar-refractivity contribution in [1.29, 1.82) is 0 Å². The van der Waals surface area contributed by atoms with Crippen LogP contribution < -0.4 is 5.32 Å². The van der Waals surface area contributed by atoms with E-state index in [1.807, 2.05) is 28.8 Å². The van der Waals surface area contributed by atoms with Gasteiger partial charge in [0.05, 0.1) is 6.54 Å². The Kier molecular flexibility index (Phi) is 5.53. The first-order valence-corrected chi connectivity index (χ1v) is 9.23. The summed E-state index contributed by atoms with van der Waals surface area (Å²) >= 11 is 0. The Morgan fingerprint density at radius 3 is 2.71 bits per heavy atom. The summed E-state index contributed by atoms with van der Waals surface area (Å²) in [5, 5.41) is 7.22. The van der Waals surface area contributed by atoms with E-state index in [9.17, 15) is 9.59 Å². The van der Waals surface area contributed by atoms with Gasteiger partial charge in [-0.2, -0.15) is 5.10 Å². The number of aromatic nitrogens is 2. The maximum absolute atomic E-state index is 12.8. The van der Waals surface area contributed by atoms with Crippen LogP contribution in [0.4, 0.5) is 0 Å². The fourth-order valence-corrected chi connectivity index (χ4v) is 3.96. The van der Waals surface area contributed by atoms with Crippen molar-refractivity contribution in [2.75, 3.05) is 6.54 Å². The van der Waals surface area contributed by atoms with Crippen molar-refractivity contribution in [3.63, 3.8) is 0 Å². The molecule has 6 heteroatoms. The Balaban J connectivity index is 1.55. The zero-order chi connectivity index (χ0) is 16.9. The normalized spacial score (nSPS) is 23.2. The maximum atomic E-state index is 12.8. The summed E-state index contributed by atoms with van der Waals surface area (Å²) in [6.07, 6.45) is 10.8. The van der Waals surface area contributed by atoms with Crippen LogP contribution in [0.5, 0.6) is 0 Å². The smallest absolute Gasteiger partial charge is 0.243 e. The van der Waals surface area contributed by atoms with Crippen LogP contribution in [-0.4, -0.2) is 45.1 Å². The number of hydrogen-bond acceptors (Lipinski definition) is 3. The summed E-state index contributed by atoms with van der Waals surface area (Å²) in [6, 6.07) is 1.57. The Labute approximate surface area is 143 Å². The highest BCUT2D eigenvalue weighted by Gasteiger charge is 2.37. The molecule has 0 aromatic carbocycles. The summed E-state index contributed by atoms with van der Waals surface area (Å²) in [6.45, 7) is 3.34. The quantitative estimate of drug-likeness (QED) is 0.896. The van der Waals surface area contributed by atoms with E-state index >= 15 is 0 Å². The number of carbonyl (C=O) groups is 2. The second-order valence-electron chi connectivity index (χ2n) is 7.16. The predicted molar refractivity (Wildman–Crippen MR) is 91.1 cm³/mol. The van der Waals surface area contributed by atoms with Gasteiger partial charge in [0.1, 0.15) is 6.04 Å². The molecule has 1 aromatic heterocycles. The third kappa shape index (κ3) is 3.97. The van der Waals surface area contributed by atoms with Gasteiger partial charge in [0.15, 0.2) is 0 Å². The van der Waals surface area contributed by atoms with Gasteiger partial charge in [0.25, 0.3) is 0 Å². The molecule has 0 bridgehead atoms. The van der Waals surface area contributed by atoms with Crippen molar-refractivity contribution in [2.45, 2.75) is 70.5 Å². The number of likely N-dealkylation sites (tertiary alicyclic amines) is 1. The molecule has 2 atom stereocenters. The molecule has 6 nitrogen and oxygen atoms in total. The minimum absolute atomic E-state index is 0.00960. The van der Waals surface area contributed by atoms with Gasteiger partial charge in [-0.05, 0) is 38.7 Å². The van der Waals surface area contributed by atoms with E-state index in [1.54, 1.807) is 6.20 Å². The molecular weight excluding hydrogens is 304 g/mol. The van der Waals surface area contributed by atoms with Crippen LogP contribution in [0.1, 0.15) is 51.9 Å². The Bertz CT molecular complexity index is 551. The lowest BCUT2D eigenvalue weighted by atomic mass is 9.88. The molecule has 3 rings (SSSR count). The SMILES string of the molecule is C[C@H](Cn1cccn1)NC(=O)[C@@H]1CCCN1C(=O)C1CCCCC1. The lowest BCUT2D eigenvalue weighted by Gasteiger charge is -2.30. The zero-order valence-corrected chi connectivity index (χ0v) is 14.5. The molecule has 0 unspecified atom stereocenters. The van der Waals surface area contributed by atoms with Crippen molar-refractivity contribution >= 4 is 11.8 Å². The van der Waals surface area contributed by atoms with Gasteiger partial charge >= 0.3 is 0 Å². The number of rotatable bonds is 5. The van der Waals surface area contributed by atoms with Crippen molar-refractivity contribution in [2.24, 2.45) is 5.92 Å². The number of nitrogens with one attached hydrogen (secondary N) is 1. The highest BCUT2D eigenvalue weighted by molar-refractivity contribution is 5.89. The van der Waals surface area contributed by atoms with Crippen LogP contribution >= 0.6 is 0 Å². The highest BCUT2D eigenvalue weighted by Crippen LogP contribution is 2.28. The summed E-state index contributed by atoms with van der Waals surface area (Å²) < 4.78 is 1.81. The number of amides is 2. The number of carbonyl (C=O) groups excluding carboxylic acids is 2. The molecule has 1 N–H and O–H groups in total. The van der Waals surface area contributed by atoms with Gasteiger partial charge in [-0.3, -0.25) is 14.3 Å². The van der Waals surface area contributed by atoms with Crippen molar-refractivity contribution in [1.82, 2.24) is 20.0 Å². The minimum Gasteiger partial charge on any atom is -0.350 e. The average molecular weight is 332 g/mol.